The fourth-order valence-corrected chi connectivity index (χ4v) is 7.81. The zero-order chi connectivity index (χ0) is 29.3. The summed E-state index contributed by atoms with van der Waals surface area (Å²) in [5.41, 5.74) is 0. The molecule has 1 rings (SSSR count). The van der Waals surface area contributed by atoms with Gasteiger partial charge in [-0.2, -0.15) is 0 Å². The molecule has 0 spiro atoms. The van der Waals surface area contributed by atoms with Crippen molar-refractivity contribution in [1.29, 1.82) is 0 Å². The number of halogens is 2. The molecule has 0 aromatic carbocycles. The van der Waals surface area contributed by atoms with Crippen molar-refractivity contribution in [2.75, 3.05) is 0 Å². The van der Waals surface area contributed by atoms with Crippen molar-refractivity contribution in [2.45, 2.75) is 194 Å². The second-order valence-electron chi connectivity index (χ2n) is 13.2. The lowest BCUT2D eigenvalue weighted by atomic mass is 9.61. The molecule has 0 radical (unpaired) electrons. The molecule has 4 unspecified atom stereocenters. The maximum Gasteiger partial charge on any atom is 0.221 e. The van der Waals surface area contributed by atoms with Gasteiger partial charge in [0.1, 0.15) is 0 Å². The quantitative estimate of drug-likeness (QED) is 0.0660. The Labute approximate surface area is 259 Å². The number of hydrogen-bond acceptors (Lipinski definition) is 2. The zero-order valence-corrected chi connectivity index (χ0v) is 28.2. The summed E-state index contributed by atoms with van der Waals surface area (Å²) in [6, 6.07) is 0. The molecule has 0 bridgehead atoms. The van der Waals surface area contributed by atoms with Gasteiger partial charge in [-0.05, 0) is 85.4 Å². The average molecular weight is 602 g/mol. The van der Waals surface area contributed by atoms with E-state index in [0.717, 1.165) is 49.4 Å². The first kappa shape index (κ1) is 37.9. The highest BCUT2D eigenvalue weighted by Gasteiger charge is 2.37. The van der Waals surface area contributed by atoms with Crippen molar-refractivity contribution in [3.63, 3.8) is 0 Å². The maximum atomic E-state index is 11.0. The van der Waals surface area contributed by atoms with Gasteiger partial charge < -0.3 is 0 Å². The fourth-order valence-electron chi connectivity index (χ4n) is 7.54. The lowest BCUT2D eigenvalue weighted by Crippen LogP contribution is -2.35. The Kier molecular flexibility index (Phi) is 25.2. The first-order valence-corrected chi connectivity index (χ1v) is 18.6. The van der Waals surface area contributed by atoms with Crippen LogP contribution in [0.25, 0.3) is 0 Å². The van der Waals surface area contributed by atoms with E-state index in [1.54, 1.807) is 0 Å². The number of rotatable bonds is 28. The molecule has 1 saturated carbocycles. The number of carbonyl (C=O) groups is 2. The van der Waals surface area contributed by atoms with E-state index in [4.69, 9.17) is 23.2 Å². The lowest BCUT2D eigenvalue weighted by Gasteiger charge is -2.44. The third kappa shape index (κ3) is 19.9. The van der Waals surface area contributed by atoms with Crippen molar-refractivity contribution >= 4 is 33.7 Å². The average Bonchev–Trinajstić information content (AvgIpc) is 2.92. The number of hydrogen-bond donors (Lipinski definition) is 0. The highest BCUT2D eigenvalue weighted by atomic mass is 35.5. The predicted molar refractivity (Wildman–Crippen MR) is 176 cm³/mol. The molecule has 0 aliphatic heterocycles. The van der Waals surface area contributed by atoms with Gasteiger partial charge in [0, 0.05) is 12.8 Å². The van der Waals surface area contributed by atoms with Crippen LogP contribution in [0, 0.1) is 23.7 Å². The molecule has 4 atom stereocenters. The highest BCUT2D eigenvalue weighted by Crippen LogP contribution is 2.47. The molecule has 0 amide bonds. The normalized spacial score (nSPS) is 21.1. The van der Waals surface area contributed by atoms with E-state index in [0.29, 0.717) is 12.8 Å². The summed E-state index contributed by atoms with van der Waals surface area (Å²) >= 11 is 11.0. The Hall–Kier alpha value is -0.0800. The van der Waals surface area contributed by atoms with Crippen LogP contribution in [0.3, 0.4) is 0 Å². The van der Waals surface area contributed by atoms with Crippen LogP contribution in [0.15, 0.2) is 0 Å². The summed E-state index contributed by atoms with van der Waals surface area (Å²) < 4.78 is 0. The second kappa shape index (κ2) is 26.5. The van der Waals surface area contributed by atoms with Crippen LogP contribution in [0.5, 0.6) is 0 Å². The van der Waals surface area contributed by atoms with Gasteiger partial charge in [0.2, 0.25) is 10.5 Å². The molecule has 1 fully saturated rings. The van der Waals surface area contributed by atoms with E-state index in [-0.39, 0.29) is 10.5 Å². The van der Waals surface area contributed by atoms with E-state index in [2.05, 4.69) is 13.8 Å². The Morgan fingerprint density at radius 2 is 0.750 bits per heavy atom. The standard InChI is InChI=1S/C36H66Cl2O2/c1-3-5-7-9-13-19-25-33-31(23-17-8-6-4-2)29-30-32(24-18-12-10-15-21-27-35(37)39)34(33)26-20-14-11-16-22-28-36(38)40/h31-34H,3-30H2,1-2H3. The van der Waals surface area contributed by atoms with Crippen molar-refractivity contribution in [3.05, 3.63) is 0 Å². The van der Waals surface area contributed by atoms with Crippen molar-refractivity contribution in [2.24, 2.45) is 23.7 Å². The summed E-state index contributed by atoms with van der Waals surface area (Å²) in [5.74, 6) is 3.72. The Bertz CT molecular complexity index is 608. The number of unbranched alkanes of at least 4 members (excludes halogenated alkanes) is 16. The Morgan fingerprint density at radius 3 is 1.12 bits per heavy atom. The van der Waals surface area contributed by atoms with Gasteiger partial charge in [-0.1, -0.05) is 142 Å². The van der Waals surface area contributed by atoms with Gasteiger partial charge in [-0.3, -0.25) is 9.59 Å². The van der Waals surface area contributed by atoms with Gasteiger partial charge in [0.15, 0.2) is 0 Å². The van der Waals surface area contributed by atoms with Gasteiger partial charge in [-0.25, -0.2) is 0 Å². The molecule has 0 aromatic heterocycles. The molecular weight excluding hydrogens is 535 g/mol. The zero-order valence-electron chi connectivity index (χ0n) is 26.7. The largest absolute Gasteiger partial charge is 0.281 e. The van der Waals surface area contributed by atoms with E-state index in [1.165, 1.54) is 141 Å². The molecule has 0 N–H and O–H groups in total. The minimum Gasteiger partial charge on any atom is -0.281 e. The first-order chi connectivity index (χ1) is 19.5. The first-order valence-electron chi connectivity index (χ1n) is 17.9. The summed E-state index contributed by atoms with van der Waals surface area (Å²) in [6.45, 7) is 4.64. The van der Waals surface area contributed by atoms with E-state index in [9.17, 15) is 9.59 Å². The maximum absolute atomic E-state index is 11.0. The van der Waals surface area contributed by atoms with Crippen LogP contribution in [0.1, 0.15) is 194 Å². The smallest absolute Gasteiger partial charge is 0.221 e. The van der Waals surface area contributed by atoms with Crippen molar-refractivity contribution in [1.82, 2.24) is 0 Å². The minimum atomic E-state index is -0.182. The van der Waals surface area contributed by atoms with Crippen LogP contribution in [-0.4, -0.2) is 10.5 Å². The molecule has 0 saturated heterocycles. The summed E-state index contributed by atoms with van der Waals surface area (Å²) in [5, 5.41) is -0.363. The Balaban J connectivity index is 2.71. The van der Waals surface area contributed by atoms with Gasteiger partial charge in [-0.15, -0.1) is 0 Å². The van der Waals surface area contributed by atoms with E-state index >= 15 is 0 Å². The fraction of sp³-hybridized carbons (Fsp3) is 0.944. The summed E-state index contributed by atoms with van der Waals surface area (Å²) in [7, 11) is 0. The SMILES string of the molecule is CCCCCCCCC1C(CCCCCC)CCC(CCCCCCCC(=O)Cl)C1CCCCCCCC(=O)Cl. The molecule has 4 heteroatoms. The molecule has 2 nitrogen and oxygen atoms in total. The molecular formula is C36H66Cl2O2. The van der Waals surface area contributed by atoms with Crippen LogP contribution in [-0.2, 0) is 9.59 Å². The molecule has 236 valence electrons. The van der Waals surface area contributed by atoms with Crippen molar-refractivity contribution < 1.29 is 9.59 Å². The van der Waals surface area contributed by atoms with Crippen LogP contribution in [0.4, 0.5) is 0 Å². The minimum absolute atomic E-state index is 0.180. The third-order valence-electron chi connectivity index (χ3n) is 9.85. The van der Waals surface area contributed by atoms with Gasteiger partial charge in [0.25, 0.3) is 0 Å². The van der Waals surface area contributed by atoms with Crippen LogP contribution >= 0.6 is 23.2 Å². The summed E-state index contributed by atoms with van der Waals surface area (Å²) in [4.78, 5) is 22.1. The van der Waals surface area contributed by atoms with E-state index in [1.807, 2.05) is 0 Å². The van der Waals surface area contributed by atoms with Crippen molar-refractivity contribution in [3.8, 4) is 0 Å². The predicted octanol–water partition coefficient (Wildman–Crippen LogP) is 13.0. The van der Waals surface area contributed by atoms with E-state index < -0.39 is 0 Å². The monoisotopic (exact) mass is 600 g/mol. The third-order valence-corrected chi connectivity index (χ3v) is 10.2. The molecule has 40 heavy (non-hydrogen) atoms. The van der Waals surface area contributed by atoms with Crippen LogP contribution in [0.2, 0.25) is 0 Å². The summed E-state index contributed by atoms with van der Waals surface area (Å²) in [6.07, 6.45) is 35.8. The second-order valence-corrected chi connectivity index (χ2v) is 14.0. The topological polar surface area (TPSA) is 34.1 Å². The highest BCUT2D eigenvalue weighted by molar-refractivity contribution is 6.63. The van der Waals surface area contributed by atoms with Gasteiger partial charge >= 0.3 is 0 Å². The molecule has 0 heterocycles. The molecule has 0 aromatic rings. The van der Waals surface area contributed by atoms with Crippen LogP contribution < -0.4 is 0 Å². The molecule has 1 aliphatic carbocycles. The Morgan fingerprint density at radius 1 is 0.450 bits per heavy atom. The van der Waals surface area contributed by atoms with Gasteiger partial charge in [0.05, 0.1) is 0 Å². The lowest BCUT2D eigenvalue weighted by molar-refractivity contribution is -0.112. The molecule has 1 aliphatic rings. The number of carbonyl (C=O) groups excluding carboxylic acids is 2.